The van der Waals surface area contributed by atoms with Crippen LogP contribution < -0.4 is 5.32 Å². The van der Waals surface area contributed by atoms with Gasteiger partial charge in [-0.2, -0.15) is 5.26 Å². The lowest BCUT2D eigenvalue weighted by Crippen LogP contribution is -2.29. The Kier molecular flexibility index (Phi) is 3.33. The van der Waals surface area contributed by atoms with Crippen molar-refractivity contribution in [2.24, 2.45) is 0 Å². The molecule has 0 saturated heterocycles. The van der Waals surface area contributed by atoms with Crippen molar-refractivity contribution in [1.29, 1.82) is 5.26 Å². The molecule has 0 unspecified atom stereocenters. The summed E-state index contributed by atoms with van der Waals surface area (Å²) in [5.74, 6) is 0.770. The van der Waals surface area contributed by atoms with Crippen molar-refractivity contribution in [2.75, 3.05) is 0 Å². The Balaban J connectivity index is 1.99. The molecule has 0 radical (unpaired) electrons. The third-order valence-electron chi connectivity index (χ3n) is 3.34. The van der Waals surface area contributed by atoms with Gasteiger partial charge in [-0.25, -0.2) is 4.98 Å². The van der Waals surface area contributed by atoms with Crippen molar-refractivity contribution in [3.05, 3.63) is 29.6 Å². The van der Waals surface area contributed by atoms with Crippen LogP contribution in [0, 0.1) is 11.3 Å². The average molecular weight is 289 g/mol. The van der Waals surface area contributed by atoms with E-state index in [1.165, 1.54) is 0 Å². The van der Waals surface area contributed by atoms with Gasteiger partial charge >= 0.3 is 0 Å². The normalized spacial score (nSPS) is 14.2. The van der Waals surface area contributed by atoms with E-state index in [1.807, 2.05) is 6.07 Å². The van der Waals surface area contributed by atoms with E-state index in [-0.39, 0.29) is 18.3 Å². The first-order valence-electron chi connectivity index (χ1n) is 6.46. The van der Waals surface area contributed by atoms with Gasteiger partial charge in [0.2, 0.25) is 5.91 Å². The highest BCUT2D eigenvalue weighted by molar-refractivity contribution is 6.17. The maximum atomic E-state index is 12.0. The first-order valence-corrected chi connectivity index (χ1v) is 7.00. The largest absolute Gasteiger partial charge is 0.352 e. The molecule has 0 aliphatic heterocycles. The lowest BCUT2D eigenvalue weighted by molar-refractivity contribution is -0.121. The van der Waals surface area contributed by atoms with Crippen LogP contribution in [-0.2, 0) is 17.2 Å². The summed E-state index contributed by atoms with van der Waals surface area (Å²) in [4.78, 5) is 16.3. The summed E-state index contributed by atoms with van der Waals surface area (Å²) in [5.41, 5.74) is 1.87. The molecule has 0 bridgehead atoms. The van der Waals surface area contributed by atoms with E-state index in [0.717, 1.165) is 18.4 Å². The van der Waals surface area contributed by atoms with Gasteiger partial charge in [-0.1, -0.05) is 6.07 Å². The zero-order valence-electron chi connectivity index (χ0n) is 10.8. The SMILES string of the molecule is N#Cc1cccc2c1nc(CCl)n2CC(=O)NC1CC1. The molecule has 0 atom stereocenters. The molecule has 5 nitrogen and oxygen atoms in total. The van der Waals surface area contributed by atoms with E-state index in [2.05, 4.69) is 16.4 Å². The van der Waals surface area contributed by atoms with E-state index < -0.39 is 0 Å². The van der Waals surface area contributed by atoms with Crippen LogP contribution in [0.5, 0.6) is 0 Å². The summed E-state index contributed by atoms with van der Waals surface area (Å²) in [6.45, 7) is 0.184. The summed E-state index contributed by atoms with van der Waals surface area (Å²) in [6, 6.07) is 7.78. The molecule has 1 saturated carbocycles. The van der Waals surface area contributed by atoms with Gasteiger partial charge in [0, 0.05) is 6.04 Å². The predicted octanol–water partition coefficient (Wildman–Crippen LogP) is 1.93. The van der Waals surface area contributed by atoms with Crippen LogP contribution in [-0.4, -0.2) is 21.5 Å². The highest BCUT2D eigenvalue weighted by atomic mass is 35.5. The van der Waals surface area contributed by atoms with Crippen molar-refractivity contribution < 1.29 is 4.79 Å². The lowest BCUT2D eigenvalue weighted by Gasteiger charge is -2.08. The summed E-state index contributed by atoms with van der Waals surface area (Å²) in [6.07, 6.45) is 2.11. The number of carbonyl (C=O) groups excluding carboxylic acids is 1. The molecule has 2 aromatic rings. The van der Waals surface area contributed by atoms with Crippen molar-refractivity contribution in [3.8, 4) is 6.07 Å². The minimum atomic E-state index is -0.0412. The molecule has 102 valence electrons. The van der Waals surface area contributed by atoms with Gasteiger partial charge in [-0.3, -0.25) is 4.79 Å². The number of para-hydroxylation sites is 1. The summed E-state index contributed by atoms with van der Waals surface area (Å²) in [7, 11) is 0. The number of imidazole rings is 1. The monoisotopic (exact) mass is 288 g/mol. The van der Waals surface area contributed by atoms with E-state index in [0.29, 0.717) is 22.9 Å². The quantitative estimate of drug-likeness (QED) is 0.874. The van der Waals surface area contributed by atoms with Crippen LogP contribution in [0.4, 0.5) is 0 Å². The molecule has 0 spiro atoms. The Morgan fingerprint density at radius 1 is 1.55 bits per heavy atom. The van der Waals surface area contributed by atoms with Gasteiger partial charge in [0.25, 0.3) is 0 Å². The second-order valence-electron chi connectivity index (χ2n) is 4.87. The van der Waals surface area contributed by atoms with E-state index in [1.54, 1.807) is 16.7 Å². The molecule has 1 fully saturated rings. The predicted molar refractivity (Wildman–Crippen MR) is 75.2 cm³/mol. The molecule has 1 aliphatic carbocycles. The number of amides is 1. The van der Waals surface area contributed by atoms with E-state index in [4.69, 9.17) is 16.9 Å². The third kappa shape index (κ3) is 2.35. The zero-order chi connectivity index (χ0) is 14.1. The number of aromatic nitrogens is 2. The van der Waals surface area contributed by atoms with Crippen LogP contribution in [0.3, 0.4) is 0 Å². The maximum Gasteiger partial charge on any atom is 0.240 e. The minimum absolute atomic E-state index is 0.0412. The van der Waals surface area contributed by atoms with Crippen molar-refractivity contribution >= 4 is 28.5 Å². The number of rotatable bonds is 4. The smallest absolute Gasteiger partial charge is 0.240 e. The van der Waals surface area contributed by atoms with Gasteiger partial charge in [0.15, 0.2) is 0 Å². The van der Waals surface area contributed by atoms with Crippen LogP contribution in [0.1, 0.15) is 24.2 Å². The molecule has 1 heterocycles. The van der Waals surface area contributed by atoms with Crippen molar-refractivity contribution in [1.82, 2.24) is 14.9 Å². The Labute approximate surface area is 121 Å². The number of nitriles is 1. The maximum absolute atomic E-state index is 12.0. The molecule has 1 aromatic carbocycles. The van der Waals surface area contributed by atoms with Gasteiger partial charge in [-0.05, 0) is 25.0 Å². The first-order chi connectivity index (χ1) is 9.72. The van der Waals surface area contributed by atoms with E-state index >= 15 is 0 Å². The molecule has 1 amide bonds. The summed E-state index contributed by atoms with van der Waals surface area (Å²) in [5, 5.41) is 12.0. The first kappa shape index (κ1) is 12.9. The molecule has 20 heavy (non-hydrogen) atoms. The van der Waals surface area contributed by atoms with Crippen molar-refractivity contribution in [2.45, 2.75) is 31.3 Å². The Bertz CT molecular complexity index is 712. The Hall–Kier alpha value is -2.06. The standard InChI is InChI=1S/C14H13ClN4O/c15-6-12-18-14-9(7-16)2-1-3-11(14)19(12)8-13(20)17-10-4-5-10/h1-3,10H,4-6,8H2,(H,17,20). The number of nitrogens with zero attached hydrogens (tertiary/aromatic N) is 3. The second-order valence-corrected chi connectivity index (χ2v) is 5.14. The van der Waals surface area contributed by atoms with Gasteiger partial charge in [0.05, 0.1) is 17.0 Å². The topological polar surface area (TPSA) is 70.7 Å². The lowest BCUT2D eigenvalue weighted by atomic mass is 10.2. The highest BCUT2D eigenvalue weighted by Crippen LogP contribution is 2.22. The molecular formula is C14H13ClN4O. The van der Waals surface area contributed by atoms with Gasteiger partial charge in [-0.15, -0.1) is 11.6 Å². The number of fused-ring (bicyclic) bond motifs is 1. The van der Waals surface area contributed by atoms with E-state index in [9.17, 15) is 4.79 Å². The van der Waals surface area contributed by atoms with Crippen LogP contribution in [0.2, 0.25) is 0 Å². The molecule has 1 aromatic heterocycles. The zero-order valence-corrected chi connectivity index (χ0v) is 11.5. The van der Waals surface area contributed by atoms with Crippen LogP contribution in [0.15, 0.2) is 18.2 Å². The molecular weight excluding hydrogens is 276 g/mol. The van der Waals surface area contributed by atoms with Gasteiger partial charge < -0.3 is 9.88 Å². The van der Waals surface area contributed by atoms with Crippen LogP contribution >= 0.6 is 11.6 Å². The Morgan fingerprint density at radius 2 is 2.35 bits per heavy atom. The molecule has 1 aliphatic rings. The molecule has 6 heteroatoms. The fourth-order valence-electron chi connectivity index (χ4n) is 2.21. The Morgan fingerprint density at radius 3 is 3.00 bits per heavy atom. The average Bonchev–Trinajstić information content (AvgIpc) is 3.19. The summed E-state index contributed by atoms with van der Waals surface area (Å²) < 4.78 is 1.78. The van der Waals surface area contributed by atoms with Crippen molar-refractivity contribution in [3.63, 3.8) is 0 Å². The fraction of sp³-hybridized carbons (Fsp3) is 0.357. The number of carbonyl (C=O) groups is 1. The molecule has 3 rings (SSSR count). The van der Waals surface area contributed by atoms with Crippen LogP contribution in [0.25, 0.3) is 11.0 Å². The number of alkyl halides is 1. The van der Waals surface area contributed by atoms with Gasteiger partial charge in [0.1, 0.15) is 24.0 Å². The number of nitrogens with one attached hydrogen (secondary N) is 1. The molecule has 1 N–H and O–H groups in total. The minimum Gasteiger partial charge on any atom is -0.352 e. The highest BCUT2D eigenvalue weighted by Gasteiger charge is 2.24. The number of hydrogen-bond donors (Lipinski definition) is 1. The summed E-state index contributed by atoms with van der Waals surface area (Å²) >= 11 is 5.90. The second kappa shape index (κ2) is 5.14. The number of hydrogen-bond acceptors (Lipinski definition) is 3. The fourth-order valence-corrected chi connectivity index (χ4v) is 2.41. The third-order valence-corrected chi connectivity index (χ3v) is 3.58. The number of benzene rings is 1. The number of halogens is 1.